The highest BCUT2D eigenvalue weighted by Crippen LogP contribution is 2.19. The first-order valence-corrected chi connectivity index (χ1v) is 6.93. The molecule has 1 heterocycles. The molecule has 0 radical (unpaired) electrons. The molecule has 0 unspecified atom stereocenters. The van der Waals surface area contributed by atoms with Crippen LogP contribution in [-0.2, 0) is 17.8 Å². The van der Waals surface area contributed by atoms with E-state index < -0.39 is 0 Å². The molecule has 0 amide bonds. The maximum Gasteiger partial charge on any atom is 0.0797 e. The van der Waals surface area contributed by atoms with Crippen molar-refractivity contribution < 1.29 is 4.74 Å². The van der Waals surface area contributed by atoms with Gasteiger partial charge in [0.1, 0.15) is 0 Å². The summed E-state index contributed by atoms with van der Waals surface area (Å²) in [6.07, 6.45) is 0.886. The maximum atomic E-state index is 5.91. The van der Waals surface area contributed by atoms with Crippen LogP contribution in [0.3, 0.4) is 0 Å². The number of nitrogen functional groups attached to an aromatic ring is 1. The van der Waals surface area contributed by atoms with Crippen molar-refractivity contribution in [3.05, 3.63) is 44.9 Å². The third-order valence-corrected chi connectivity index (χ3v) is 3.91. The van der Waals surface area contributed by atoms with Crippen molar-refractivity contribution in [1.29, 1.82) is 0 Å². The van der Waals surface area contributed by atoms with E-state index in [0.29, 0.717) is 23.9 Å². The van der Waals surface area contributed by atoms with E-state index in [2.05, 4.69) is 4.98 Å². The van der Waals surface area contributed by atoms with Crippen LogP contribution in [0.2, 0.25) is 5.02 Å². The van der Waals surface area contributed by atoms with Gasteiger partial charge >= 0.3 is 0 Å². The zero-order valence-corrected chi connectivity index (χ0v) is 11.7. The van der Waals surface area contributed by atoms with Gasteiger partial charge < -0.3 is 10.5 Å². The van der Waals surface area contributed by atoms with Crippen LogP contribution < -0.4 is 5.73 Å². The Balaban J connectivity index is 1.82. The second-order valence-electron chi connectivity index (χ2n) is 4.01. The average molecular weight is 283 g/mol. The number of hydrogen-bond donors (Lipinski definition) is 1. The van der Waals surface area contributed by atoms with Crippen molar-refractivity contribution in [2.24, 2.45) is 0 Å². The van der Waals surface area contributed by atoms with E-state index in [0.717, 1.165) is 17.7 Å². The Morgan fingerprint density at radius 3 is 3.00 bits per heavy atom. The summed E-state index contributed by atoms with van der Waals surface area (Å²) < 4.78 is 5.62. The summed E-state index contributed by atoms with van der Waals surface area (Å²) in [4.78, 5) is 5.48. The summed E-state index contributed by atoms with van der Waals surface area (Å²) in [7, 11) is 0. The SMILES string of the molecule is Cc1ncsc1CCOCc1cc(Cl)ccc1N. The van der Waals surface area contributed by atoms with Crippen molar-refractivity contribution in [3.8, 4) is 0 Å². The molecule has 5 heteroatoms. The molecule has 0 atom stereocenters. The van der Waals surface area contributed by atoms with Gasteiger partial charge in [-0.15, -0.1) is 11.3 Å². The van der Waals surface area contributed by atoms with Gasteiger partial charge in [-0.2, -0.15) is 0 Å². The number of ether oxygens (including phenoxy) is 1. The minimum Gasteiger partial charge on any atom is -0.398 e. The molecule has 0 aliphatic heterocycles. The monoisotopic (exact) mass is 282 g/mol. The number of hydrogen-bond acceptors (Lipinski definition) is 4. The Hall–Kier alpha value is -1.10. The Kier molecular flexibility index (Phi) is 4.58. The fraction of sp³-hybridized carbons (Fsp3) is 0.308. The van der Waals surface area contributed by atoms with Crippen LogP contribution in [0.25, 0.3) is 0 Å². The van der Waals surface area contributed by atoms with Crippen LogP contribution in [0.1, 0.15) is 16.1 Å². The van der Waals surface area contributed by atoms with E-state index in [4.69, 9.17) is 22.1 Å². The molecule has 0 saturated heterocycles. The highest BCUT2D eigenvalue weighted by atomic mass is 35.5. The number of aryl methyl sites for hydroxylation is 1. The van der Waals surface area contributed by atoms with E-state index >= 15 is 0 Å². The van der Waals surface area contributed by atoms with Gasteiger partial charge in [0.05, 0.1) is 24.4 Å². The molecule has 0 aliphatic carbocycles. The van der Waals surface area contributed by atoms with Crippen molar-refractivity contribution in [1.82, 2.24) is 4.98 Å². The van der Waals surface area contributed by atoms with E-state index in [1.165, 1.54) is 4.88 Å². The van der Waals surface area contributed by atoms with Gasteiger partial charge in [0.25, 0.3) is 0 Å². The first-order valence-electron chi connectivity index (χ1n) is 5.67. The number of aromatic nitrogens is 1. The molecular formula is C13H15ClN2OS. The molecule has 0 saturated carbocycles. The third kappa shape index (κ3) is 3.45. The fourth-order valence-corrected chi connectivity index (χ4v) is 2.57. The number of benzene rings is 1. The predicted octanol–water partition coefficient (Wildman–Crippen LogP) is 3.45. The molecule has 0 spiro atoms. The van der Waals surface area contributed by atoms with E-state index in [1.54, 1.807) is 23.5 Å². The highest BCUT2D eigenvalue weighted by Gasteiger charge is 2.03. The Morgan fingerprint density at radius 1 is 1.44 bits per heavy atom. The van der Waals surface area contributed by atoms with Gasteiger partial charge in [0.15, 0.2) is 0 Å². The molecule has 1 aromatic carbocycles. The number of thiazole rings is 1. The van der Waals surface area contributed by atoms with Gasteiger partial charge in [-0.3, -0.25) is 0 Å². The van der Waals surface area contributed by atoms with Crippen molar-refractivity contribution in [2.45, 2.75) is 20.0 Å². The summed E-state index contributed by atoms with van der Waals surface area (Å²) >= 11 is 7.58. The molecule has 0 aliphatic rings. The Bertz CT molecular complexity index is 527. The van der Waals surface area contributed by atoms with Crippen LogP contribution in [0.4, 0.5) is 5.69 Å². The summed E-state index contributed by atoms with van der Waals surface area (Å²) in [5.41, 5.74) is 10.4. The normalized spacial score (nSPS) is 10.8. The predicted molar refractivity (Wildman–Crippen MR) is 76.1 cm³/mol. The number of nitrogens with two attached hydrogens (primary N) is 1. The smallest absolute Gasteiger partial charge is 0.0797 e. The lowest BCUT2D eigenvalue weighted by Gasteiger charge is -2.07. The lowest BCUT2D eigenvalue weighted by Crippen LogP contribution is -2.01. The molecule has 0 bridgehead atoms. The summed E-state index contributed by atoms with van der Waals surface area (Å²) in [5.74, 6) is 0. The number of halogens is 1. The first-order chi connectivity index (χ1) is 8.66. The molecule has 96 valence electrons. The number of rotatable bonds is 5. The first kappa shape index (κ1) is 13.3. The minimum atomic E-state index is 0.490. The van der Waals surface area contributed by atoms with E-state index in [1.807, 2.05) is 18.5 Å². The molecule has 2 rings (SSSR count). The standard InChI is InChI=1S/C13H15ClN2OS/c1-9-13(18-8-16-9)4-5-17-7-10-6-11(14)2-3-12(10)15/h2-3,6,8H,4-5,7,15H2,1H3. The van der Waals surface area contributed by atoms with Gasteiger partial charge in [0.2, 0.25) is 0 Å². The second-order valence-corrected chi connectivity index (χ2v) is 5.38. The summed E-state index contributed by atoms with van der Waals surface area (Å²) in [5, 5.41) is 0.682. The van der Waals surface area contributed by atoms with Crippen LogP contribution in [-0.4, -0.2) is 11.6 Å². The van der Waals surface area contributed by atoms with E-state index in [9.17, 15) is 0 Å². The van der Waals surface area contributed by atoms with Crippen molar-refractivity contribution in [3.63, 3.8) is 0 Å². The number of anilines is 1. The lowest BCUT2D eigenvalue weighted by atomic mass is 10.2. The quantitative estimate of drug-likeness (QED) is 0.675. The molecule has 3 nitrogen and oxygen atoms in total. The van der Waals surface area contributed by atoms with Crippen molar-refractivity contribution in [2.75, 3.05) is 12.3 Å². The van der Waals surface area contributed by atoms with Gasteiger partial charge in [-0.1, -0.05) is 11.6 Å². The number of nitrogens with zero attached hydrogens (tertiary/aromatic N) is 1. The fourth-order valence-electron chi connectivity index (χ4n) is 1.61. The van der Waals surface area contributed by atoms with Gasteiger partial charge in [0, 0.05) is 27.6 Å². The van der Waals surface area contributed by atoms with Crippen LogP contribution >= 0.6 is 22.9 Å². The zero-order chi connectivity index (χ0) is 13.0. The molecule has 1 aromatic heterocycles. The zero-order valence-electron chi connectivity index (χ0n) is 10.1. The third-order valence-electron chi connectivity index (χ3n) is 2.68. The van der Waals surface area contributed by atoms with Gasteiger partial charge in [-0.05, 0) is 25.1 Å². The topological polar surface area (TPSA) is 48.1 Å². The molecule has 2 N–H and O–H groups in total. The molecule has 0 fully saturated rings. The van der Waals surface area contributed by atoms with Crippen LogP contribution in [0.5, 0.6) is 0 Å². The summed E-state index contributed by atoms with van der Waals surface area (Å²) in [6.45, 7) is 3.17. The largest absolute Gasteiger partial charge is 0.398 e. The maximum absolute atomic E-state index is 5.91. The van der Waals surface area contributed by atoms with Gasteiger partial charge in [-0.25, -0.2) is 4.98 Å². The highest BCUT2D eigenvalue weighted by molar-refractivity contribution is 7.09. The molecule has 18 heavy (non-hydrogen) atoms. The lowest BCUT2D eigenvalue weighted by molar-refractivity contribution is 0.124. The van der Waals surface area contributed by atoms with Crippen LogP contribution in [0, 0.1) is 6.92 Å². The second kappa shape index (κ2) is 6.18. The molecular weight excluding hydrogens is 268 g/mol. The Morgan fingerprint density at radius 2 is 2.28 bits per heavy atom. The summed E-state index contributed by atoms with van der Waals surface area (Å²) in [6, 6.07) is 5.42. The minimum absolute atomic E-state index is 0.490. The van der Waals surface area contributed by atoms with E-state index in [-0.39, 0.29) is 0 Å². The average Bonchev–Trinajstić information content (AvgIpc) is 2.75. The molecule has 2 aromatic rings. The Labute approximate surface area is 116 Å². The van der Waals surface area contributed by atoms with Crippen LogP contribution in [0.15, 0.2) is 23.7 Å². The van der Waals surface area contributed by atoms with Crippen molar-refractivity contribution >= 4 is 28.6 Å².